The zero-order valence-corrected chi connectivity index (χ0v) is 25.2. The molecular weight excluding hydrogens is 512 g/mol. The molecular formula is C38H36N4. The van der Waals surface area contributed by atoms with Gasteiger partial charge in [0.05, 0.1) is 34.3 Å². The minimum absolute atomic E-state index is 0.0555. The molecule has 208 valence electrons. The largest absolute Gasteiger partial charge is 0.306 e. The lowest BCUT2D eigenvalue weighted by Crippen LogP contribution is -2.10. The molecule has 3 aromatic heterocycles. The molecule has 4 aromatic carbocycles. The molecule has 0 aliphatic rings. The van der Waals surface area contributed by atoms with Crippen LogP contribution in [0.4, 0.5) is 0 Å². The second-order valence-electron chi connectivity index (χ2n) is 13.3. The van der Waals surface area contributed by atoms with E-state index in [-0.39, 0.29) is 10.8 Å². The number of rotatable bonds is 3. The third-order valence-corrected chi connectivity index (χ3v) is 8.32. The van der Waals surface area contributed by atoms with Gasteiger partial charge >= 0.3 is 0 Å². The second-order valence-corrected chi connectivity index (χ2v) is 13.3. The van der Waals surface area contributed by atoms with Gasteiger partial charge < -0.3 is 4.57 Å². The molecule has 42 heavy (non-hydrogen) atoms. The van der Waals surface area contributed by atoms with Gasteiger partial charge in [-0.3, -0.25) is 4.40 Å². The molecule has 0 bridgehead atoms. The number of hydrogen-bond acceptors (Lipinski definition) is 2. The van der Waals surface area contributed by atoms with Gasteiger partial charge in [0.15, 0.2) is 0 Å². The van der Waals surface area contributed by atoms with Gasteiger partial charge in [0, 0.05) is 28.1 Å². The molecule has 4 heteroatoms. The van der Waals surface area contributed by atoms with Gasteiger partial charge in [-0.2, -0.15) is 0 Å². The van der Waals surface area contributed by atoms with E-state index < -0.39 is 0 Å². The summed E-state index contributed by atoms with van der Waals surface area (Å²) in [6.07, 6.45) is 4.15. The van der Waals surface area contributed by atoms with E-state index in [9.17, 15) is 0 Å². The van der Waals surface area contributed by atoms with Crippen molar-refractivity contribution in [2.24, 2.45) is 0 Å². The molecule has 0 N–H and O–H groups in total. The summed E-state index contributed by atoms with van der Waals surface area (Å²) < 4.78 is 4.50. The molecule has 0 atom stereocenters. The number of benzene rings is 4. The molecule has 7 aromatic rings. The summed E-state index contributed by atoms with van der Waals surface area (Å²) in [6, 6.07) is 34.7. The highest BCUT2D eigenvalue weighted by Gasteiger charge is 2.22. The molecule has 0 aliphatic carbocycles. The lowest BCUT2D eigenvalue weighted by molar-refractivity contribution is 0.590. The van der Waals surface area contributed by atoms with Crippen molar-refractivity contribution in [2.75, 3.05) is 0 Å². The molecule has 0 radical (unpaired) electrons. The zero-order valence-electron chi connectivity index (χ0n) is 25.2. The van der Waals surface area contributed by atoms with E-state index in [1.54, 1.807) is 0 Å². The van der Waals surface area contributed by atoms with E-state index in [0.29, 0.717) is 5.78 Å². The van der Waals surface area contributed by atoms with Gasteiger partial charge in [0.1, 0.15) is 0 Å². The van der Waals surface area contributed by atoms with Gasteiger partial charge in [0.25, 0.3) is 0 Å². The molecule has 0 amide bonds. The molecule has 0 fully saturated rings. The first-order valence-electron chi connectivity index (χ1n) is 14.7. The first-order valence-corrected chi connectivity index (χ1v) is 14.7. The van der Waals surface area contributed by atoms with Crippen molar-refractivity contribution >= 4 is 27.6 Å². The number of nitrogens with zero attached hydrogens (tertiary/aromatic N) is 4. The van der Waals surface area contributed by atoms with E-state index in [4.69, 9.17) is 9.97 Å². The van der Waals surface area contributed by atoms with Gasteiger partial charge in [-0.05, 0) is 46.2 Å². The maximum Gasteiger partial charge on any atom is 0.234 e. The normalized spacial score (nSPS) is 12.5. The fourth-order valence-electron chi connectivity index (χ4n) is 5.94. The van der Waals surface area contributed by atoms with Crippen molar-refractivity contribution < 1.29 is 0 Å². The Kier molecular flexibility index (Phi) is 5.88. The van der Waals surface area contributed by atoms with E-state index in [0.717, 1.165) is 28.2 Å². The van der Waals surface area contributed by atoms with Crippen LogP contribution in [0.2, 0.25) is 0 Å². The Balaban J connectivity index is 1.54. The Bertz CT molecular complexity index is 2010. The maximum absolute atomic E-state index is 5.03. The number of aromatic nitrogens is 4. The average Bonchev–Trinajstić information content (AvgIpc) is 3.52. The van der Waals surface area contributed by atoms with Crippen LogP contribution in [0.1, 0.15) is 52.7 Å². The Morgan fingerprint density at radius 3 is 1.64 bits per heavy atom. The minimum Gasteiger partial charge on any atom is -0.306 e. The average molecular weight is 549 g/mol. The van der Waals surface area contributed by atoms with Crippen LogP contribution in [0.15, 0.2) is 109 Å². The van der Waals surface area contributed by atoms with Crippen LogP contribution in [0, 0.1) is 0 Å². The fourth-order valence-corrected chi connectivity index (χ4v) is 5.94. The van der Waals surface area contributed by atoms with Crippen molar-refractivity contribution in [3.63, 3.8) is 0 Å². The van der Waals surface area contributed by atoms with Crippen molar-refractivity contribution in [1.29, 1.82) is 0 Å². The van der Waals surface area contributed by atoms with Gasteiger partial charge in [-0.25, -0.2) is 9.97 Å². The topological polar surface area (TPSA) is 35.1 Å². The smallest absolute Gasteiger partial charge is 0.234 e. The third kappa shape index (κ3) is 4.30. The summed E-state index contributed by atoms with van der Waals surface area (Å²) in [4.78, 5) is 9.95. The lowest BCUT2D eigenvalue weighted by atomic mass is 9.85. The van der Waals surface area contributed by atoms with Gasteiger partial charge in [-0.1, -0.05) is 114 Å². The summed E-state index contributed by atoms with van der Waals surface area (Å²) in [7, 11) is 0. The number of hydrogen-bond donors (Lipinski definition) is 0. The van der Waals surface area contributed by atoms with Crippen molar-refractivity contribution in [2.45, 2.75) is 52.4 Å². The summed E-state index contributed by atoms with van der Waals surface area (Å²) in [5, 5.41) is 2.53. The first kappa shape index (κ1) is 26.2. The van der Waals surface area contributed by atoms with Crippen molar-refractivity contribution in [1.82, 2.24) is 18.9 Å². The van der Waals surface area contributed by atoms with Crippen LogP contribution in [0.25, 0.3) is 55.8 Å². The summed E-state index contributed by atoms with van der Waals surface area (Å²) in [5.74, 6) is 0.683. The fraction of sp³-hybridized carbons (Fsp3) is 0.211. The van der Waals surface area contributed by atoms with Crippen LogP contribution in [0.5, 0.6) is 0 Å². The summed E-state index contributed by atoms with van der Waals surface area (Å²) in [5.41, 5.74) is 10.3. The lowest BCUT2D eigenvalue weighted by Gasteiger charge is -2.19. The van der Waals surface area contributed by atoms with Gasteiger partial charge in [-0.15, -0.1) is 0 Å². The first-order chi connectivity index (χ1) is 20.1. The van der Waals surface area contributed by atoms with Gasteiger partial charge in [0.2, 0.25) is 5.78 Å². The zero-order chi connectivity index (χ0) is 29.2. The predicted molar refractivity (Wildman–Crippen MR) is 176 cm³/mol. The van der Waals surface area contributed by atoms with Crippen molar-refractivity contribution in [3.8, 4) is 28.2 Å². The highest BCUT2D eigenvalue weighted by Crippen LogP contribution is 2.38. The Morgan fingerprint density at radius 2 is 1.12 bits per heavy atom. The number of imidazole rings is 1. The standard InChI is InChI=1S/C38H36N4/c1-37(2,3)27-17-19-32-30(21-27)31-22-28(38(4,5)6)18-20-33(31)42(32)29-23-39-36-40-34(25-13-9-7-10-14-25)35(41(36)24-29)26-15-11-8-12-16-26/h7-24H,1-6H3. The van der Waals surface area contributed by atoms with Crippen molar-refractivity contribution in [3.05, 3.63) is 121 Å². The second kappa shape index (κ2) is 9.42. The predicted octanol–water partition coefficient (Wildman–Crippen LogP) is 9.76. The Hall–Kier alpha value is -4.70. The third-order valence-electron chi connectivity index (χ3n) is 8.32. The van der Waals surface area contributed by atoms with E-state index in [2.05, 4.69) is 142 Å². The van der Waals surface area contributed by atoms with E-state index in [1.165, 1.54) is 32.9 Å². The number of fused-ring (bicyclic) bond motifs is 4. The summed E-state index contributed by atoms with van der Waals surface area (Å²) >= 11 is 0. The van der Waals surface area contributed by atoms with Crippen LogP contribution >= 0.6 is 0 Å². The molecule has 0 unspecified atom stereocenters. The molecule has 0 aliphatic heterocycles. The minimum atomic E-state index is 0.0555. The monoisotopic (exact) mass is 548 g/mol. The van der Waals surface area contributed by atoms with Crippen LogP contribution in [0.3, 0.4) is 0 Å². The Labute approximate surface area is 247 Å². The highest BCUT2D eigenvalue weighted by atomic mass is 15.1. The van der Waals surface area contributed by atoms with Crippen LogP contribution in [-0.4, -0.2) is 18.9 Å². The van der Waals surface area contributed by atoms with Crippen LogP contribution < -0.4 is 0 Å². The van der Waals surface area contributed by atoms with E-state index >= 15 is 0 Å². The SMILES string of the molecule is CC(C)(C)c1ccc2c(c1)c1cc(C(C)(C)C)ccc1n2-c1cnc2nc(-c3ccccc3)c(-c3ccccc3)n2c1. The van der Waals surface area contributed by atoms with E-state index in [1.807, 2.05) is 18.3 Å². The van der Waals surface area contributed by atoms with Crippen LogP contribution in [-0.2, 0) is 10.8 Å². The molecule has 0 saturated carbocycles. The molecule has 0 saturated heterocycles. The maximum atomic E-state index is 5.03. The quantitative estimate of drug-likeness (QED) is 0.220. The molecule has 4 nitrogen and oxygen atoms in total. The molecule has 7 rings (SSSR count). The molecule has 3 heterocycles. The Morgan fingerprint density at radius 1 is 0.595 bits per heavy atom. The highest BCUT2D eigenvalue weighted by molar-refractivity contribution is 6.09. The molecule has 0 spiro atoms. The summed E-state index contributed by atoms with van der Waals surface area (Å²) in [6.45, 7) is 13.7.